The number of aromatic amines is 1. The summed E-state index contributed by atoms with van der Waals surface area (Å²) in [5.74, 6) is -0.166. The van der Waals surface area contributed by atoms with Crippen molar-refractivity contribution >= 4 is 17.8 Å². The van der Waals surface area contributed by atoms with Crippen molar-refractivity contribution in [3.05, 3.63) is 94.7 Å². The van der Waals surface area contributed by atoms with Gasteiger partial charge in [0.05, 0.1) is 6.33 Å². The molecule has 0 fully saturated rings. The van der Waals surface area contributed by atoms with Gasteiger partial charge in [0.25, 0.3) is 0 Å². The van der Waals surface area contributed by atoms with E-state index in [4.69, 9.17) is 16.0 Å². The van der Waals surface area contributed by atoms with E-state index in [0.717, 1.165) is 34.4 Å². The third kappa shape index (κ3) is 9.91. The number of phenolic OH excluding ortho intramolecular Hbond substituents is 1. The van der Waals surface area contributed by atoms with E-state index in [0.29, 0.717) is 38.1 Å². The number of aryl methyl sites for hydroxylation is 4. The van der Waals surface area contributed by atoms with Gasteiger partial charge in [-0.2, -0.15) is 4.98 Å². The Kier molecular flexibility index (Phi) is 11.9. The van der Waals surface area contributed by atoms with Crippen molar-refractivity contribution in [1.82, 2.24) is 30.7 Å². The van der Waals surface area contributed by atoms with Gasteiger partial charge in [0.15, 0.2) is 11.8 Å². The number of phenols is 1. The van der Waals surface area contributed by atoms with Crippen LogP contribution in [0, 0.1) is 19.8 Å². The lowest BCUT2D eigenvalue weighted by molar-refractivity contribution is -0.131. The Bertz CT molecular complexity index is 1580. The summed E-state index contributed by atoms with van der Waals surface area (Å²) in [6.45, 7) is 5.93. The number of nitrogens with one attached hydrogen (secondary N) is 3. The first-order valence-corrected chi connectivity index (χ1v) is 15.4. The summed E-state index contributed by atoms with van der Waals surface area (Å²) in [6, 6.07) is 11.7. The van der Waals surface area contributed by atoms with E-state index in [1.165, 1.54) is 0 Å². The molecule has 8 N–H and O–H groups in total. The second-order valence-electron chi connectivity index (χ2n) is 11.5. The van der Waals surface area contributed by atoms with Crippen molar-refractivity contribution in [2.45, 2.75) is 71.4 Å². The number of hydrogen-bond acceptors (Lipinski definition) is 8. The van der Waals surface area contributed by atoms with Crippen LogP contribution in [-0.4, -0.2) is 55.6 Å². The molecule has 0 radical (unpaired) electrons. The standard InChI is InChI=1S/C33H43N9O4/c1-20(8-7-13-37-33(34)35)30(44)39-27(17-26-21(2)14-25(43)15-22(26)3)31(45)40-28(16-24-18-36-19-38-24)32-41-29(42-46-32)12-11-23-9-5-4-6-10-23/h4-6,9-10,14-15,18-20,27-28,43H,7-8,11-13,16-17H2,1-3H3,(H,36,38)(H,39,44)(H,40,45)(H4,34,35,37)/t20-,27+,28+/m1/s1. The molecule has 0 aliphatic rings. The normalized spacial score (nSPS) is 13.0. The SMILES string of the molecule is Cc1cc(O)cc(C)c1C[C@H](NC(=O)[C@H](C)CCCN=C(N)N)C(=O)N[C@@H](Cc1cnc[nH]1)c1nc(CCc2ccccc2)no1. The molecule has 0 aliphatic carbocycles. The van der Waals surface area contributed by atoms with Crippen molar-refractivity contribution in [1.29, 1.82) is 0 Å². The van der Waals surface area contributed by atoms with E-state index in [1.807, 2.05) is 44.2 Å². The lowest BCUT2D eigenvalue weighted by Crippen LogP contribution is -2.50. The summed E-state index contributed by atoms with van der Waals surface area (Å²) in [5.41, 5.74) is 15.2. The van der Waals surface area contributed by atoms with E-state index in [9.17, 15) is 14.7 Å². The van der Waals surface area contributed by atoms with Crippen LogP contribution in [0.5, 0.6) is 5.75 Å². The van der Waals surface area contributed by atoms with Gasteiger partial charge in [0.2, 0.25) is 17.7 Å². The molecule has 0 bridgehead atoms. The molecule has 0 saturated heterocycles. The van der Waals surface area contributed by atoms with Crippen LogP contribution < -0.4 is 22.1 Å². The number of guanidine groups is 1. The van der Waals surface area contributed by atoms with Crippen LogP contribution in [0.1, 0.15) is 65.5 Å². The van der Waals surface area contributed by atoms with Gasteiger partial charge >= 0.3 is 0 Å². The highest BCUT2D eigenvalue weighted by Crippen LogP contribution is 2.23. The van der Waals surface area contributed by atoms with Crippen LogP contribution in [-0.2, 0) is 35.3 Å². The highest BCUT2D eigenvalue weighted by atomic mass is 16.5. The number of aromatic nitrogens is 4. The zero-order valence-electron chi connectivity index (χ0n) is 26.5. The molecule has 0 aliphatic heterocycles. The fourth-order valence-corrected chi connectivity index (χ4v) is 5.26. The van der Waals surface area contributed by atoms with Crippen LogP contribution in [0.3, 0.4) is 0 Å². The number of aliphatic imine (C=N–C) groups is 1. The summed E-state index contributed by atoms with van der Waals surface area (Å²) in [7, 11) is 0. The predicted octanol–water partition coefficient (Wildman–Crippen LogP) is 2.72. The van der Waals surface area contributed by atoms with Crippen molar-refractivity contribution in [2.75, 3.05) is 6.54 Å². The molecular formula is C33H43N9O4. The Balaban J connectivity index is 1.54. The maximum atomic E-state index is 14.0. The van der Waals surface area contributed by atoms with Gasteiger partial charge in [-0.25, -0.2) is 4.98 Å². The third-order valence-electron chi connectivity index (χ3n) is 7.82. The lowest BCUT2D eigenvalue weighted by Gasteiger charge is -2.24. The minimum atomic E-state index is -0.931. The van der Waals surface area contributed by atoms with E-state index in [1.54, 1.807) is 31.6 Å². The van der Waals surface area contributed by atoms with Crippen LogP contribution in [0.4, 0.5) is 0 Å². The molecule has 2 aromatic carbocycles. The smallest absolute Gasteiger partial charge is 0.249 e. The van der Waals surface area contributed by atoms with Crippen LogP contribution in [0.2, 0.25) is 0 Å². The van der Waals surface area contributed by atoms with E-state index >= 15 is 0 Å². The number of nitrogens with zero attached hydrogens (tertiary/aromatic N) is 4. The molecule has 13 nitrogen and oxygen atoms in total. The highest BCUT2D eigenvalue weighted by molar-refractivity contribution is 5.89. The Hall–Kier alpha value is -5.20. The topological polar surface area (TPSA) is 210 Å². The lowest BCUT2D eigenvalue weighted by atomic mass is 9.94. The summed E-state index contributed by atoms with van der Waals surface area (Å²) in [6.07, 6.45) is 6.18. The summed E-state index contributed by atoms with van der Waals surface area (Å²) in [4.78, 5) is 43.1. The number of amides is 2. The minimum absolute atomic E-state index is 0.00252. The first kappa shape index (κ1) is 33.7. The number of rotatable bonds is 16. The Morgan fingerprint density at radius 1 is 1.04 bits per heavy atom. The van der Waals surface area contributed by atoms with Gasteiger partial charge in [-0.05, 0) is 67.5 Å². The second-order valence-corrected chi connectivity index (χ2v) is 11.5. The van der Waals surface area contributed by atoms with Crippen molar-refractivity contribution < 1.29 is 19.2 Å². The largest absolute Gasteiger partial charge is 0.508 e. The zero-order valence-corrected chi connectivity index (χ0v) is 26.5. The average Bonchev–Trinajstić information content (AvgIpc) is 3.72. The molecule has 13 heteroatoms. The van der Waals surface area contributed by atoms with E-state index in [-0.39, 0.29) is 29.9 Å². The molecule has 3 atom stereocenters. The van der Waals surface area contributed by atoms with E-state index < -0.39 is 23.9 Å². The number of benzene rings is 2. The maximum Gasteiger partial charge on any atom is 0.249 e. The van der Waals surface area contributed by atoms with Gasteiger partial charge in [-0.15, -0.1) is 0 Å². The van der Waals surface area contributed by atoms with Gasteiger partial charge in [0.1, 0.15) is 17.8 Å². The van der Waals surface area contributed by atoms with Gasteiger partial charge in [-0.1, -0.05) is 42.4 Å². The van der Waals surface area contributed by atoms with Crippen LogP contribution in [0.15, 0.2) is 64.5 Å². The third-order valence-corrected chi connectivity index (χ3v) is 7.82. The number of imidazole rings is 1. The molecule has 4 rings (SSSR count). The molecule has 46 heavy (non-hydrogen) atoms. The minimum Gasteiger partial charge on any atom is -0.508 e. The summed E-state index contributed by atoms with van der Waals surface area (Å²) < 4.78 is 5.65. The Morgan fingerprint density at radius 3 is 2.46 bits per heavy atom. The second kappa shape index (κ2) is 16.2. The molecule has 2 amide bonds. The molecule has 0 unspecified atom stereocenters. The Morgan fingerprint density at radius 2 is 1.78 bits per heavy atom. The van der Waals surface area contributed by atoms with Crippen LogP contribution >= 0.6 is 0 Å². The van der Waals surface area contributed by atoms with Crippen LogP contribution in [0.25, 0.3) is 0 Å². The molecule has 244 valence electrons. The number of aromatic hydroxyl groups is 1. The molecule has 2 aromatic heterocycles. The van der Waals surface area contributed by atoms with Gasteiger partial charge < -0.3 is 36.7 Å². The first-order chi connectivity index (χ1) is 22.1. The molecule has 0 spiro atoms. The fraction of sp³-hybridized carbons (Fsp3) is 0.394. The Labute approximate surface area is 268 Å². The molecule has 0 saturated carbocycles. The molecule has 2 heterocycles. The van der Waals surface area contributed by atoms with Gasteiger partial charge in [0, 0.05) is 43.6 Å². The zero-order chi connectivity index (χ0) is 33.1. The predicted molar refractivity (Wildman–Crippen MR) is 174 cm³/mol. The number of H-pyrrole nitrogens is 1. The quantitative estimate of drug-likeness (QED) is 0.0610. The number of hydrogen-bond donors (Lipinski definition) is 6. The van der Waals surface area contributed by atoms with Crippen molar-refractivity contribution in [3.63, 3.8) is 0 Å². The molecule has 4 aromatic rings. The number of carbonyl (C=O) groups excluding carboxylic acids is 2. The van der Waals surface area contributed by atoms with Gasteiger partial charge in [-0.3, -0.25) is 14.6 Å². The number of nitrogens with two attached hydrogens (primary N) is 2. The monoisotopic (exact) mass is 629 g/mol. The van der Waals surface area contributed by atoms with Crippen molar-refractivity contribution in [2.24, 2.45) is 22.4 Å². The average molecular weight is 630 g/mol. The first-order valence-electron chi connectivity index (χ1n) is 15.4. The van der Waals surface area contributed by atoms with E-state index in [2.05, 4.69) is 35.7 Å². The van der Waals surface area contributed by atoms with Crippen molar-refractivity contribution in [3.8, 4) is 5.75 Å². The fourth-order valence-electron chi connectivity index (χ4n) is 5.26. The number of carbonyl (C=O) groups is 2. The maximum absolute atomic E-state index is 14.0. The molecular weight excluding hydrogens is 586 g/mol. The highest BCUT2D eigenvalue weighted by Gasteiger charge is 2.30. The summed E-state index contributed by atoms with van der Waals surface area (Å²) >= 11 is 0. The summed E-state index contributed by atoms with van der Waals surface area (Å²) in [5, 5.41) is 20.3.